The molecule has 0 radical (unpaired) electrons. The van der Waals surface area contributed by atoms with Gasteiger partial charge in [-0.05, 0) is 66.0 Å². The minimum absolute atomic E-state index is 0.0499. The second-order valence-corrected chi connectivity index (χ2v) is 5.88. The molecule has 2 aromatic rings. The van der Waals surface area contributed by atoms with E-state index in [2.05, 4.69) is 77.1 Å². The van der Waals surface area contributed by atoms with Gasteiger partial charge in [-0.15, -0.1) is 0 Å². The predicted molar refractivity (Wildman–Crippen MR) is 90.6 cm³/mol. The van der Waals surface area contributed by atoms with E-state index in [0.29, 0.717) is 0 Å². The van der Waals surface area contributed by atoms with Gasteiger partial charge in [0.15, 0.2) is 0 Å². The van der Waals surface area contributed by atoms with Crippen LogP contribution in [0.3, 0.4) is 0 Å². The number of aryl methyl sites for hydroxylation is 1. The van der Waals surface area contributed by atoms with Crippen molar-refractivity contribution >= 4 is 27.3 Å². The first kappa shape index (κ1) is 15.1. The summed E-state index contributed by atoms with van der Waals surface area (Å²) in [7, 11) is 0. The van der Waals surface area contributed by atoms with Crippen molar-refractivity contribution < 1.29 is 0 Å². The van der Waals surface area contributed by atoms with Crippen LogP contribution in [0.2, 0.25) is 0 Å². The van der Waals surface area contributed by atoms with Crippen LogP contribution in [0.25, 0.3) is 0 Å². The van der Waals surface area contributed by atoms with E-state index in [1.807, 2.05) is 6.92 Å². The van der Waals surface area contributed by atoms with Crippen LogP contribution in [0.4, 0.5) is 11.4 Å². The molecule has 0 saturated carbocycles. The zero-order valence-corrected chi connectivity index (χ0v) is 13.8. The topological polar surface area (TPSA) is 29.3 Å². The van der Waals surface area contributed by atoms with Gasteiger partial charge in [-0.25, -0.2) is 0 Å². The summed E-state index contributed by atoms with van der Waals surface area (Å²) in [5.41, 5.74) is 10.8. The summed E-state index contributed by atoms with van der Waals surface area (Å²) in [6.07, 6.45) is 0. The number of benzene rings is 2. The van der Waals surface area contributed by atoms with Crippen LogP contribution >= 0.6 is 15.9 Å². The normalized spacial score (nSPS) is 12.2. The van der Waals surface area contributed by atoms with Gasteiger partial charge in [-0.2, -0.15) is 0 Å². The van der Waals surface area contributed by atoms with Crippen molar-refractivity contribution in [3.8, 4) is 0 Å². The van der Waals surface area contributed by atoms with Gasteiger partial charge in [-0.1, -0.05) is 24.3 Å². The number of nitrogens with two attached hydrogens (primary N) is 1. The molecule has 0 bridgehead atoms. The van der Waals surface area contributed by atoms with Crippen LogP contribution in [0, 0.1) is 6.92 Å². The lowest BCUT2D eigenvalue weighted by molar-refractivity contribution is 0.817. The zero-order chi connectivity index (χ0) is 14.7. The van der Waals surface area contributed by atoms with Crippen molar-refractivity contribution in [3.05, 3.63) is 58.1 Å². The van der Waals surface area contributed by atoms with E-state index >= 15 is 0 Å². The van der Waals surface area contributed by atoms with Crippen molar-refractivity contribution in [2.75, 3.05) is 11.4 Å². The predicted octanol–water partition coefficient (Wildman–Crippen LogP) is 4.94. The molecule has 106 valence electrons. The molecular weight excluding hydrogens is 312 g/mol. The highest BCUT2D eigenvalue weighted by Gasteiger charge is 2.13. The summed E-state index contributed by atoms with van der Waals surface area (Å²) in [5, 5.41) is 0. The lowest BCUT2D eigenvalue weighted by atomic mass is 10.1. The molecule has 1 atom stereocenters. The molecule has 0 aliphatic rings. The molecule has 20 heavy (non-hydrogen) atoms. The van der Waals surface area contributed by atoms with E-state index in [-0.39, 0.29) is 6.04 Å². The fourth-order valence-electron chi connectivity index (χ4n) is 2.36. The molecule has 3 heteroatoms. The number of hydrogen-bond donors (Lipinski definition) is 1. The lowest BCUT2D eigenvalue weighted by Crippen LogP contribution is -2.18. The second kappa shape index (κ2) is 6.42. The highest BCUT2D eigenvalue weighted by atomic mass is 79.9. The maximum atomic E-state index is 5.94. The average Bonchev–Trinajstić information content (AvgIpc) is 2.43. The molecule has 2 rings (SSSR count). The standard InChI is InChI=1S/C17H21BrN2/c1-4-20(16-8-6-5-7-12(16)2)17-10-9-14(13(3)19)11-15(17)18/h5-11,13H,4,19H2,1-3H3/t13-/m1/s1. The largest absolute Gasteiger partial charge is 0.341 e. The fraction of sp³-hybridized carbons (Fsp3) is 0.294. The van der Waals surface area contributed by atoms with E-state index in [9.17, 15) is 0 Å². The highest BCUT2D eigenvalue weighted by Crippen LogP contribution is 2.34. The molecule has 0 unspecified atom stereocenters. The Balaban J connectivity index is 2.45. The number of rotatable bonds is 4. The van der Waals surface area contributed by atoms with Crippen molar-refractivity contribution in [1.82, 2.24) is 0 Å². The van der Waals surface area contributed by atoms with Crippen molar-refractivity contribution in [2.45, 2.75) is 26.8 Å². The summed E-state index contributed by atoms with van der Waals surface area (Å²) < 4.78 is 1.08. The third-order valence-corrected chi connectivity index (χ3v) is 4.15. The number of anilines is 2. The van der Waals surface area contributed by atoms with E-state index in [1.165, 1.54) is 16.9 Å². The van der Waals surface area contributed by atoms with Crippen LogP contribution in [0.1, 0.15) is 31.0 Å². The summed E-state index contributed by atoms with van der Waals surface area (Å²) in [6.45, 7) is 7.22. The summed E-state index contributed by atoms with van der Waals surface area (Å²) in [6, 6.07) is 14.8. The Kier molecular flexibility index (Phi) is 4.84. The van der Waals surface area contributed by atoms with Gasteiger partial charge in [0.05, 0.1) is 5.69 Å². The molecule has 0 spiro atoms. The minimum atomic E-state index is 0.0499. The molecule has 0 amide bonds. The Morgan fingerprint density at radius 1 is 1.15 bits per heavy atom. The van der Waals surface area contributed by atoms with Crippen LogP contribution in [-0.4, -0.2) is 6.54 Å². The second-order valence-electron chi connectivity index (χ2n) is 5.03. The summed E-state index contributed by atoms with van der Waals surface area (Å²) in [5.74, 6) is 0. The van der Waals surface area contributed by atoms with Gasteiger partial charge in [0.1, 0.15) is 0 Å². The lowest BCUT2D eigenvalue weighted by Gasteiger charge is -2.26. The third-order valence-electron chi connectivity index (χ3n) is 3.51. The van der Waals surface area contributed by atoms with Crippen LogP contribution in [0.15, 0.2) is 46.9 Å². The minimum Gasteiger partial charge on any atom is -0.341 e. The first-order valence-corrected chi connectivity index (χ1v) is 7.72. The molecule has 2 nitrogen and oxygen atoms in total. The maximum Gasteiger partial charge on any atom is 0.0555 e. The first-order valence-electron chi connectivity index (χ1n) is 6.92. The van der Waals surface area contributed by atoms with Crippen LogP contribution in [0.5, 0.6) is 0 Å². The smallest absolute Gasteiger partial charge is 0.0555 e. The summed E-state index contributed by atoms with van der Waals surface area (Å²) in [4.78, 5) is 2.31. The van der Waals surface area contributed by atoms with E-state index in [1.54, 1.807) is 0 Å². The quantitative estimate of drug-likeness (QED) is 0.859. The molecule has 0 aliphatic carbocycles. The zero-order valence-electron chi connectivity index (χ0n) is 12.2. The van der Waals surface area contributed by atoms with Gasteiger partial charge >= 0.3 is 0 Å². The highest BCUT2D eigenvalue weighted by molar-refractivity contribution is 9.10. The Bertz CT molecular complexity index is 593. The Labute approximate surface area is 129 Å². The average molecular weight is 333 g/mol. The molecule has 0 fully saturated rings. The number of para-hydroxylation sites is 1. The van der Waals surface area contributed by atoms with Gasteiger partial charge in [0.2, 0.25) is 0 Å². The Hall–Kier alpha value is -1.32. The molecule has 2 N–H and O–H groups in total. The Morgan fingerprint density at radius 2 is 1.85 bits per heavy atom. The van der Waals surface area contributed by atoms with Crippen LogP contribution < -0.4 is 10.6 Å². The van der Waals surface area contributed by atoms with Gasteiger partial charge in [0, 0.05) is 22.7 Å². The van der Waals surface area contributed by atoms with Gasteiger partial charge < -0.3 is 10.6 Å². The molecule has 0 aromatic heterocycles. The molecular formula is C17H21BrN2. The van der Waals surface area contributed by atoms with E-state index in [0.717, 1.165) is 16.6 Å². The van der Waals surface area contributed by atoms with Gasteiger partial charge in [0.25, 0.3) is 0 Å². The third kappa shape index (κ3) is 3.05. The van der Waals surface area contributed by atoms with E-state index < -0.39 is 0 Å². The summed E-state index contributed by atoms with van der Waals surface area (Å²) >= 11 is 3.68. The molecule has 2 aromatic carbocycles. The van der Waals surface area contributed by atoms with Crippen molar-refractivity contribution in [1.29, 1.82) is 0 Å². The monoisotopic (exact) mass is 332 g/mol. The number of halogens is 1. The maximum absolute atomic E-state index is 5.94. The fourth-order valence-corrected chi connectivity index (χ4v) is 2.97. The SMILES string of the molecule is CCN(c1ccccc1C)c1ccc([C@@H](C)N)cc1Br. The van der Waals surface area contributed by atoms with Crippen LogP contribution in [-0.2, 0) is 0 Å². The first-order chi connectivity index (χ1) is 9.54. The number of hydrogen-bond acceptors (Lipinski definition) is 2. The van der Waals surface area contributed by atoms with Crippen molar-refractivity contribution in [2.24, 2.45) is 5.73 Å². The molecule has 0 heterocycles. The van der Waals surface area contributed by atoms with Gasteiger partial charge in [-0.3, -0.25) is 0 Å². The van der Waals surface area contributed by atoms with Crippen molar-refractivity contribution in [3.63, 3.8) is 0 Å². The Morgan fingerprint density at radius 3 is 2.40 bits per heavy atom. The number of nitrogens with zero attached hydrogens (tertiary/aromatic N) is 1. The molecule has 0 saturated heterocycles. The molecule has 0 aliphatic heterocycles. The van der Waals surface area contributed by atoms with E-state index in [4.69, 9.17) is 5.73 Å².